The molecule has 2 N–H and O–H groups in total. The molecule has 0 atom stereocenters. The summed E-state index contributed by atoms with van der Waals surface area (Å²) in [6, 6.07) is 2.81. The van der Waals surface area contributed by atoms with Gasteiger partial charge in [-0.25, -0.2) is 9.59 Å². The number of carboxylic acid groups (broad SMARTS) is 1. The number of hydrogen-bond donors (Lipinski definition) is 2. The van der Waals surface area contributed by atoms with E-state index in [1.54, 1.807) is 0 Å². The van der Waals surface area contributed by atoms with Crippen LogP contribution in [-0.4, -0.2) is 40.1 Å². The molecule has 1 saturated heterocycles. The van der Waals surface area contributed by atoms with Crippen LogP contribution in [0.3, 0.4) is 0 Å². The molecule has 0 saturated carbocycles. The largest absolute Gasteiger partial charge is 0.478 e. The topological polar surface area (TPSA) is 82.5 Å². The van der Waals surface area contributed by atoms with Crippen LogP contribution in [-0.2, 0) is 6.54 Å². The zero-order valence-electron chi connectivity index (χ0n) is 11.3. The van der Waals surface area contributed by atoms with E-state index in [4.69, 9.17) is 5.11 Å². The molecule has 0 bridgehead atoms. The summed E-state index contributed by atoms with van der Waals surface area (Å²) < 4.78 is 0. The van der Waals surface area contributed by atoms with Gasteiger partial charge < -0.3 is 15.3 Å². The predicted octanol–water partition coefficient (Wildman–Crippen LogP) is 1.87. The lowest BCUT2D eigenvalue weighted by atomic mass is 10.2. The lowest BCUT2D eigenvalue weighted by Gasteiger charge is -2.20. The van der Waals surface area contributed by atoms with E-state index in [2.05, 4.69) is 10.3 Å². The van der Waals surface area contributed by atoms with Crippen LogP contribution in [0.25, 0.3) is 0 Å². The Balaban J connectivity index is 1.89. The van der Waals surface area contributed by atoms with E-state index in [1.807, 2.05) is 4.90 Å². The Bertz CT molecular complexity index is 482. The number of aromatic carboxylic acids is 1. The van der Waals surface area contributed by atoms with Gasteiger partial charge in [0.2, 0.25) is 0 Å². The van der Waals surface area contributed by atoms with Gasteiger partial charge in [0, 0.05) is 19.3 Å². The van der Waals surface area contributed by atoms with Crippen molar-refractivity contribution in [2.45, 2.75) is 32.2 Å². The minimum atomic E-state index is -0.993. The Kier molecular flexibility index (Phi) is 4.92. The molecule has 0 spiro atoms. The van der Waals surface area contributed by atoms with Crippen molar-refractivity contribution in [1.82, 2.24) is 15.2 Å². The van der Waals surface area contributed by atoms with Crippen LogP contribution in [0.1, 0.15) is 41.7 Å². The van der Waals surface area contributed by atoms with Crippen LogP contribution >= 0.6 is 0 Å². The highest BCUT2D eigenvalue weighted by Crippen LogP contribution is 2.09. The first kappa shape index (κ1) is 14.3. The van der Waals surface area contributed by atoms with E-state index in [0.29, 0.717) is 5.69 Å². The van der Waals surface area contributed by atoms with Gasteiger partial charge in [0.1, 0.15) is 0 Å². The van der Waals surface area contributed by atoms with E-state index < -0.39 is 5.97 Å². The number of likely N-dealkylation sites (tertiary alicyclic amines) is 1. The summed E-state index contributed by atoms with van der Waals surface area (Å²) >= 11 is 0. The Morgan fingerprint density at radius 2 is 1.95 bits per heavy atom. The Morgan fingerprint density at radius 3 is 2.60 bits per heavy atom. The molecule has 2 rings (SSSR count). The summed E-state index contributed by atoms with van der Waals surface area (Å²) in [5, 5.41) is 11.7. The van der Waals surface area contributed by atoms with Crippen molar-refractivity contribution >= 4 is 12.0 Å². The van der Waals surface area contributed by atoms with Crippen LogP contribution in [0.2, 0.25) is 0 Å². The summed E-state index contributed by atoms with van der Waals surface area (Å²) in [4.78, 5) is 28.7. The zero-order valence-corrected chi connectivity index (χ0v) is 11.3. The van der Waals surface area contributed by atoms with E-state index in [-0.39, 0.29) is 18.1 Å². The number of pyridine rings is 1. The molecule has 1 aromatic rings. The molecule has 6 nitrogen and oxygen atoms in total. The summed E-state index contributed by atoms with van der Waals surface area (Å²) in [5.74, 6) is -0.993. The SMILES string of the molecule is O=C(O)c1ccnc(CNC(=O)N2CCCCCC2)c1. The number of nitrogens with zero attached hydrogens (tertiary/aromatic N) is 2. The summed E-state index contributed by atoms with van der Waals surface area (Å²) in [6.45, 7) is 1.82. The van der Waals surface area contributed by atoms with Crippen molar-refractivity contribution in [3.63, 3.8) is 0 Å². The van der Waals surface area contributed by atoms with Crippen molar-refractivity contribution in [3.05, 3.63) is 29.6 Å². The van der Waals surface area contributed by atoms with Gasteiger partial charge in [0.15, 0.2) is 0 Å². The fourth-order valence-electron chi connectivity index (χ4n) is 2.26. The first-order valence-corrected chi connectivity index (χ1v) is 6.88. The highest BCUT2D eigenvalue weighted by atomic mass is 16.4. The first-order valence-electron chi connectivity index (χ1n) is 6.88. The third-order valence-corrected chi connectivity index (χ3v) is 3.38. The molecule has 1 aliphatic heterocycles. The molecule has 1 fully saturated rings. The number of hydrogen-bond acceptors (Lipinski definition) is 3. The third kappa shape index (κ3) is 3.94. The van der Waals surface area contributed by atoms with Crippen molar-refractivity contribution in [3.8, 4) is 0 Å². The lowest BCUT2D eigenvalue weighted by molar-refractivity contribution is 0.0696. The quantitative estimate of drug-likeness (QED) is 0.883. The number of carbonyl (C=O) groups excluding carboxylic acids is 1. The number of nitrogens with one attached hydrogen (secondary N) is 1. The van der Waals surface area contributed by atoms with Gasteiger partial charge in [-0.2, -0.15) is 0 Å². The third-order valence-electron chi connectivity index (χ3n) is 3.38. The van der Waals surface area contributed by atoms with Crippen molar-refractivity contribution in [1.29, 1.82) is 0 Å². The van der Waals surface area contributed by atoms with Crippen molar-refractivity contribution in [2.24, 2.45) is 0 Å². The maximum absolute atomic E-state index is 12.0. The monoisotopic (exact) mass is 277 g/mol. The molecule has 1 aromatic heterocycles. The van der Waals surface area contributed by atoms with Gasteiger partial charge in [0.05, 0.1) is 17.8 Å². The van der Waals surface area contributed by atoms with Crippen LogP contribution < -0.4 is 5.32 Å². The average Bonchev–Trinajstić information content (AvgIpc) is 2.74. The normalized spacial score (nSPS) is 15.5. The fraction of sp³-hybridized carbons (Fsp3) is 0.500. The predicted molar refractivity (Wildman–Crippen MR) is 73.5 cm³/mol. The smallest absolute Gasteiger partial charge is 0.335 e. The number of urea groups is 1. The van der Waals surface area contributed by atoms with Gasteiger partial charge in [-0.1, -0.05) is 12.8 Å². The molecule has 0 aromatic carbocycles. The molecule has 20 heavy (non-hydrogen) atoms. The number of amides is 2. The molecule has 108 valence electrons. The maximum atomic E-state index is 12.0. The molecular formula is C14H19N3O3. The second kappa shape index (κ2) is 6.88. The molecule has 0 aliphatic carbocycles. The summed E-state index contributed by atoms with van der Waals surface area (Å²) in [7, 11) is 0. The van der Waals surface area contributed by atoms with Gasteiger partial charge in [-0.15, -0.1) is 0 Å². The molecule has 0 unspecified atom stereocenters. The number of carbonyl (C=O) groups is 2. The standard InChI is InChI=1S/C14H19N3O3/c18-13(19)11-5-6-15-12(9-11)10-16-14(20)17-7-3-1-2-4-8-17/h5-6,9H,1-4,7-8,10H2,(H,16,20)(H,18,19). The zero-order chi connectivity index (χ0) is 14.4. The second-order valence-electron chi connectivity index (χ2n) is 4.90. The van der Waals surface area contributed by atoms with E-state index in [0.717, 1.165) is 25.9 Å². The minimum Gasteiger partial charge on any atom is -0.478 e. The fourth-order valence-corrected chi connectivity index (χ4v) is 2.26. The molecule has 0 radical (unpaired) electrons. The Hall–Kier alpha value is -2.11. The highest BCUT2D eigenvalue weighted by molar-refractivity contribution is 5.87. The van der Waals surface area contributed by atoms with E-state index in [9.17, 15) is 9.59 Å². The summed E-state index contributed by atoms with van der Waals surface area (Å²) in [6.07, 6.45) is 5.87. The molecular weight excluding hydrogens is 258 g/mol. The molecule has 6 heteroatoms. The van der Waals surface area contributed by atoms with Gasteiger partial charge >= 0.3 is 12.0 Å². The Morgan fingerprint density at radius 1 is 1.25 bits per heavy atom. The number of aromatic nitrogens is 1. The lowest BCUT2D eigenvalue weighted by Crippen LogP contribution is -2.40. The summed E-state index contributed by atoms with van der Waals surface area (Å²) in [5.41, 5.74) is 0.729. The van der Waals surface area contributed by atoms with Crippen molar-refractivity contribution in [2.75, 3.05) is 13.1 Å². The van der Waals surface area contributed by atoms with Crippen LogP contribution in [0.15, 0.2) is 18.3 Å². The van der Waals surface area contributed by atoms with E-state index in [1.165, 1.54) is 31.2 Å². The first-order chi connectivity index (χ1) is 9.66. The van der Waals surface area contributed by atoms with E-state index >= 15 is 0 Å². The second-order valence-corrected chi connectivity index (χ2v) is 4.90. The van der Waals surface area contributed by atoms with Gasteiger partial charge in [-0.05, 0) is 25.0 Å². The van der Waals surface area contributed by atoms with Gasteiger partial charge in [-0.3, -0.25) is 4.98 Å². The maximum Gasteiger partial charge on any atom is 0.335 e. The molecule has 2 heterocycles. The van der Waals surface area contributed by atoms with Gasteiger partial charge in [0.25, 0.3) is 0 Å². The van der Waals surface area contributed by atoms with Crippen LogP contribution in [0, 0.1) is 0 Å². The van der Waals surface area contributed by atoms with Crippen LogP contribution in [0.4, 0.5) is 4.79 Å². The average molecular weight is 277 g/mol. The molecule has 1 aliphatic rings. The molecule has 2 amide bonds. The van der Waals surface area contributed by atoms with Crippen molar-refractivity contribution < 1.29 is 14.7 Å². The Labute approximate surface area is 117 Å². The number of carboxylic acids is 1. The van der Waals surface area contributed by atoms with Crippen LogP contribution in [0.5, 0.6) is 0 Å². The number of rotatable bonds is 3. The highest BCUT2D eigenvalue weighted by Gasteiger charge is 2.15. The minimum absolute atomic E-state index is 0.102.